The molecule has 8 N–H and O–H groups in total. The first-order valence-corrected chi connectivity index (χ1v) is 8.21. The van der Waals surface area contributed by atoms with Gasteiger partial charge in [0.15, 0.2) is 0 Å². The predicted molar refractivity (Wildman–Crippen MR) is 91.3 cm³/mol. The Kier molecular flexibility index (Phi) is 11.1. The van der Waals surface area contributed by atoms with E-state index in [-0.39, 0.29) is 25.4 Å². The van der Waals surface area contributed by atoms with Crippen LogP contribution in [0, 0.1) is 5.92 Å². The molecule has 2 atom stereocenters. The van der Waals surface area contributed by atoms with Crippen molar-refractivity contribution in [3.8, 4) is 0 Å². The third-order valence-electron chi connectivity index (χ3n) is 3.47. The lowest BCUT2D eigenvalue weighted by molar-refractivity contribution is -0.142. The molecule has 3 amide bonds. The van der Waals surface area contributed by atoms with Crippen molar-refractivity contribution < 1.29 is 24.3 Å². The summed E-state index contributed by atoms with van der Waals surface area (Å²) in [7, 11) is 0. The molecular formula is C15H29N5O5. The number of nitrogens with one attached hydrogen (secondary N) is 3. The molecule has 0 unspecified atom stereocenters. The van der Waals surface area contributed by atoms with Crippen molar-refractivity contribution in [2.45, 2.75) is 45.2 Å². The molecule has 0 rings (SSSR count). The highest BCUT2D eigenvalue weighted by atomic mass is 16.4. The van der Waals surface area contributed by atoms with Crippen molar-refractivity contribution in [1.82, 2.24) is 16.0 Å². The normalized spacial score (nSPS) is 13.0. The van der Waals surface area contributed by atoms with E-state index in [1.165, 1.54) is 0 Å². The second-order valence-corrected chi connectivity index (χ2v) is 6.01. The molecule has 10 heteroatoms. The fourth-order valence-electron chi connectivity index (χ4n) is 1.82. The monoisotopic (exact) mass is 359 g/mol. The van der Waals surface area contributed by atoms with E-state index >= 15 is 0 Å². The Labute approximate surface area is 147 Å². The first-order chi connectivity index (χ1) is 11.7. The number of aliphatic carboxylic acids is 1. The molecule has 25 heavy (non-hydrogen) atoms. The largest absolute Gasteiger partial charge is 0.480 e. The minimum absolute atomic E-state index is 0.0685. The number of amides is 3. The Bertz CT molecular complexity index is 469. The summed E-state index contributed by atoms with van der Waals surface area (Å²) in [6, 6.07) is -1.75. The van der Waals surface area contributed by atoms with Crippen LogP contribution in [0.4, 0.5) is 0 Å². The lowest BCUT2D eigenvalue weighted by atomic mass is 10.1. The Morgan fingerprint density at radius 3 is 2.12 bits per heavy atom. The standard InChI is InChI=1S/C15H29N5O5/c1-9(2)13(17)14(23)19-7-11(21)18-8-12(22)20-10(15(24)25)5-3-4-6-16/h9-10,13H,3-8,16-17H2,1-2H3,(H,18,21)(H,19,23)(H,20,22)(H,24,25)/t10-,13-/m0/s1. The van der Waals surface area contributed by atoms with Crippen molar-refractivity contribution in [3.05, 3.63) is 0 Å². The molecule has 0 fully saturated rings. The molecule has 0 spiro atoms. The molecule has 0 heterocycles. The molecule has 144 valence electrons. The van der Waals surface area contributed by atoms with E-state index in [2.05, 4.69) is 16.0 Å². The highest BCUT2D eigenvalue weighted by Crippen LogP contribution is 2.00. The first kappa shape index (κ1) is 22.8. The van der Waals surface area contributed by atoms with Gasteiger partial charge >= 0.3 is 5.97 Å². The van der Waals surface area contributed by atoms with Gasteiger partial charge in [0.2, 0.25) is 17.7 Å². The molecule has 0 aromatic rings. The van der Waals surface area contributed by atoms with Gasteiger partial charge in [0.05, 0.1) is 19.1 Å². The van der Waals surface area contributed by atoms with Gasteiger partial charge in [-0.05, 0) is 31.7 Å². The van der Waals surface area contributed by atoms with Crippen LogP contribution < -0.4 is 27.4 Å². The average Bonchev–Trinajstić information content (AvgIpc) is 2.55. The van der Waals surface area contributed by atoms with Crippen molar-refractivity contribution in [2.24, 2.45) is 17.4 Å². The number of carbonyl (C=O) groups excluding carboxylic acids is 3. The van der Waals surface area contributed by atoms with Gasteiger partial charge in [-0.2, -0.15) is 0 Å². The van der Waals surface area contributed by atoms with E-state index in [1.54, 1.807) is 13.8 Å². The quantitative estimate of drug-likeness (QED) is 0.216. The zero-order valence-corrected chi connectivity index (χ0v) is 14.7. The van der Waals surface area contributed by atoms with Crippen LogP contribution in [0.2, 0.25) is 0 Å². The van der Waals surface area contributed by atoms with E-state index in [9.17, 15) is 19.2 Å². The number of hydrogen-bond donors (Lipinski definition) is 6. The van der Waals surface area contributed by atoms with Crippen LogP contribution in [0.5, 0.6) is 0 Å². The van der Waals surface area contributed by atoms with Crippen LogP contribution in [0.25, 0.3) is 0 Å². The van der Waals surface area contributed by atoms with Gasteiger partial charge in [-0.15, -0.1) is 0 Å². The molecule has 0 bridgehead atoms. The van der Waals surface area contributed by atoms with E-state index < -0.39 is 35.8 Å². The average molecular weight is 359 g/mol. The molecule has 0 saturated heterocycles. The number of nitrogens with two attached hydrogens (primary N) is 2. The maximum absolute atomic E-state index is 11.7. The SMILES string of the molecule is CC(C)[C@H](N)C(=O)NCC(=O)NCC(=O)N[C@@H](CCCCN)C(=O)O. The fraction of sp³-hybridized carbons (Fsp3) is 0.733. The number of carbonyl (C=O) groups is 4. The Hall–Kier alpha value is -2.20. The third kappa shape index (κ3) is 10.3. The topological polar surface area (TPSA) is 177 Å². The van der Waals surface area contributed by atoms with E-state index in [4.69, 9.17) is 16.6 Å². The Morgan fingerprint density at radius 1 is 1.00 bits per heavy atom. The molecule has 10 nitrogen and oxygen atoms in total. The highest BCUT2D eigenvalue weighted by Gasteiger charge is 2.20. The maximum atomic E-state index is 11.7. The van der Waals surface area contributed by atoms with Gasteiger partial charge in [0.25, 0.3) is 0 Å². The molecule has 0 aromatic heterocycles. The molecule has 0 aliphatic heterocycles. The van der Waals surface area contributed by atoms with E-state index in [1.807, 2.05) is 0 Å². The third-order valence-corrected chi connectivity index (χ3v) is 3.47. The summed E-state index contributed by atoms with van der Waals surface area (Å²) >= 11 is 0. The van der Waals surface area contributed by atoms with Gasteiger partial charge in [-0.3, -0.25) is 14.4 Å². The van der Waals surface area contributed by atoms with E-state index in [0.29, 0.717) is 19.4 Å². The number of rotatable bonds is 12. The summed E-state index contributed by atoms with van der Waals surface area (Å²) in [6.45, 7) is 3.31. The molecule has 0 aromatic carbocycles. The molecule has 0 radical (unpaired) electrons. The van der Waals surface area contributed by atoms with E-state index in [0.717, 1.165) is 0 Å². The van der Waals surface area contributed by atoms with Gasteiger partial charge in [-0.1, -0.05) is 13.8 Å². The number of carboxylic acids is 1. The zero-order valence-electron chi connectivity index (χ0n) is 14.7. The Morgan fingerprint density at radius 2 is 1.60 bits per heavy atom. The minimum atomic E-state index is -1.15. The van der Waals surface area contributed by atoms with Crippen molar-refractivity contribution in [1.29, 1.82) is 0 Å². The summed E-state index contributed by atoms with van der Waals surface area (Å²) in [5.74, 6) is -2.87. The Balaban J connectivity index is 4.15. The summed E-state index contributed by atoms with van der Waals surface area (Å²) in [5, 5.41) is 16.0. The minimum Gasteiger partial charge on any atom is -0.480 e. The predicted octanol–water partition coefficient (Wildman–Crippen LogP) is -2.10. The van der Waals surface area contributed by atoms with Crippen LogP contribution in [-0.2, 0) is 19.2 Å². The zero-order chi connectivity index (χ0) is 19.4. The number of unbranched alkanes of at least 4 members (excludes halogenated alkanes) is 1. The van der Waals surface area contributed by atoms with Gasteiger partial charge in [-0.25, -0.2) is 4.79 Å². The fourth-order valence-corrected chi connectivity index (χ4v) is 1.82. The smallest absolute Gasteiger partial charge is 0.326 e. The van der Waals surface area contributed by atoms with Gasteiger partial charge in [0.1, 0.15) is 6.04 Å². The summed E-state index contributed by atoms with van der Waals surface area (Å²) in [5.41, 5.74) is 11.0. The van der Waals surface area contributed by atoms with Crippen LogP contribution >= 0.6 is 0 Å². The summed E-state index contributed by atoms with van der Waals surface area (Å²) < 4.78 is 0. The lowest BCUT2D eigenvalue weighted by Crippen LogP contribution is -2.49. The van der Waals surface area contributed by atoms with Crippen LogP contribution in [-0.4, -0.2) is 60.5 Å². The van der Waals surface area contributed by atoms with Crippen molar-refractivity contribution >= 4 is 23.7 Å². The molecule has 0 aliphatic carbocycles. The van der Waals surface area contributed by atoms with Crippen molar-refractivity contribution in [3.63, 3.8) is 0 Å². The molecular weight excluding hydrogens is 330 g/mol. The van der Waals surface area contributed by atoms with Gasteiger partial charge < -0.3 is 32.5 Å². The second-order valence-electron chi connectivity index (χ2n) is 6.01. The second kappa shape index (κ2) is 12.2. The molecule has 0 saturated carbocycles. The number of hydrogen-bond acceptors (Lipinski definition) is 6. The molecule has 0 aliphatic rings. The van der Waals surface area contributed by atoms with Gasteiger partial charge in [0, 0.05) is 0 Å². The van der Waals surface area contributed by atoms with Crippen molar-refractivity contribution in [2.75, 3.05) is 19.6 Å². The van der Waals surface area contributed by atoms with Crippen LogP contribution in [0.15, 0.2) is 0 Å². The summed E-state index contributed by atoms with van der Waals surface area (Å²) in [6.07, 6.45) is 1.49. The first-order valence-electron chi connectivity index (χ1n) is 8.21. The summed E-state index contributed by atoms with van der Waals surface area (Å²) in [4.78, 5) is 46.0. The van der Waals surface area contributed by atoms with Crippen LogP contribution in [0.1, 0.15) is 33.1 Å². The maximum Gasteiger partial charge on any atom is 0.326 e. The number of carboxylic acid groups (broad SMARTS) is 1. The highest BCUT2D eigenvalue weighted by molar-refractivity contribution is 5.90. The van der Waals surface area contributed by atoms with Crippen LogP contribution in [0.3, 0.4) is 0 Å². The lowest BCUT2D eigenvalue weighted by Gasteiger charge is -2.16.